The smallest absolute Gasteiger partial charge is 0.255 e. The fourth-order valence-electron chi connectivity index (χ4n) is 1.93. The molecule has 21 heavy (non-hydrogen) atoms. The fourth-order valence-corrected chi connectivity index (χ4v) is 2.58. The highest BCUT2D eigenvalue weighted by Gasteiger charge is 2.07. The molecule has 0 radical (unpaired) electrons. The Morgan fingerprint density at radius 2 is 2.00 bits per heavy atom. The molecule has 2 aromatic rings. The summed E-state index contributed by atoms with van der Waals surface area (Å²) in [5.41, 5.74) is 2.77. The number of carbonyl (C=O) groups excluding carboxylic acids is 1. The molecule has 1 atom stereocenters. The predicted molar refractivity (Wildman–Crippen MR) is 86.5 cm³/mol. The zero-order chi connectivity index (χ0) is 15.2. The molecule has 0 fully saturated rings. The van der Waals surface area contributed by atoms with Gasteiger partial charge in [-0.05, 0) is 35.9 Å². The number of terminal acetylenes is 1. The number of nitrogens with one attached hydrogen (secondary N) is 1. The molecule has 2 rings (SSSR count). The number of hydrogen-bond donors (Lipinski definition) is 1. The maximum Gasteiger partial charge on any atom is 0.255 e. The van der Waals surface area contributed by atoms with Crippen molar-refractivity contribution in [2.24, 2.45) is 0 Å². The van der Waals surface area contributed by atoms with E-state index in [1.165, 1.54) is 0 Å². The van der Waals surface area contributed by atoms with Crippen LogP contribution in [0.25, 0.3) is 0 Å². The molecule has 3 nitrogen and oxygen atoms in total. The summed E-state index contributed by atoms with van der Waals surface area (Å²) in [5.74, 6) is 2.75. The minimum Gasteiger partial charge on any atom is -0.322 e. The number of benzene rings is 2. The average molecular weight is 297 g/mol. The van der Waals surface area contributed by atoms with Gasteiger partial charge in [-0.3, -0.25) is 9.00 Å². The third-order valence-corrected chi connectivity index (χ3v) is 3.59. The highest BCUT2D eigenvalue weighted by molar-refractivity contribution is 7.83. The lowest BCUT2D eigenvalue weighted by Crippen LogP contribution is -2.12. The second-order valence-corrected chi connectivity index (χ2v) is 6.03. The van der Waals surface area contributed by atoms with Gasteiger partial charge in [0.2, 0.25) is 0 Å². The van der Waals surface area contributed by atoms with Crippen molar-refractivity contribution in [3.8, 4) is 12.3 Å². The Morgan fingerprint density at radius 3 is 2.71 bits per heavy atom. The Kier molecular flexibility index (Phi) is 4.91. The molecule has 2 aromatic carbocycles. The lowest BCUT2D eigenvalue weighted by Gasteiger charge is -2.07. The summed E-state index contributed by atoms with van der Waals surface area (Å²) in [4.78, 5) is 12.2. The van der Waals surface area contributed by atoms with E-state index in [2.05, 4.69) is 11.2 Å². The van der Waals surface area contributed by atoms with E-state index >= 15 is 0 Å². The number of rotatable bonds is 4. The first-order chi connectivity index (χ1) is 10.1. The first-order valence-corrected chi connectivity index (χ1v) is 8.08. The predicted octanol–water partition coefficient (Wildman–Crippen LogP) is 2.80. The molecule has 0 saturated carbocycles. The summed E-state index contributed by atoms with van der Waals surface area (Å²) in [5, 5.41) is 2.80. The molecule has 0 aliphatic rings. The summed E-state index contributed by atoms with van der Waals surface area (Å²) in [6.45, 7) is 0. The quantitative estimate of drug-likeness (QED) is 0.882. The van der Waals surface area contributed by atoms with Crippen LogP contribution in [-0.4, -0.2) is 16.4 Å². The Balaban J connectivity index is 2.16. The van der Waals surface area contributed by atoms with Gasteiger partial charge in [-0.15, -0.1) is 6.42 Å². The Morgan fingerprint density at radius 1 is 1.24 bits per heavy atom. The van der Waals surface area contributed by atoms with E-state index in [9.17, 15) is 9.00 Å². The summed E-state index contributed by atoms with van der Waals surface area (Å²) in [6, 6.07) is 14.2. The van der Waals surface area contributed by atoms with Crippen LogP contribution in [-0.2, 0) is 16.6 Å². The van der Waals surface area contributed by atoms with Gasteiger partial charge in [0.25, 0.3) is 5.91 Å². The van der Waals surface area contributed by atoms with Gasteiger partial charge >= 0.3 is 0 Å². The number of hydrogen-bond acceptors (Lipinski definition) is 2. The minimum atomic E-state index is -0.934. The van der Waals surface area contributed by atoms with E-state index in [4.69, 9.17) is 6.42 Å². The number of anilines is 1. The van der Waals surface area contributed by atoms with Crippen molar-refractivity contribution < 1.29 is 9.00 Å². The zero-order valence-corrected chi connectivity index (χ0v) is 12.4. The fraction of sp³-hybridized carbons (Fsp3) is 0.118. The molecule has 4 heteroatoms. The summed E-state index contributed by atoms with van der Waals surface area (Å²) < 4.78 is 11.2. The van der Waals surface area contributed by atoms with Crippen LogP contribution in [0.1, 0.15) is 21.5 Å². The lowest BCUT2D eigenvalue weighted by atomic mass is 10.1. The van der Waals surface area contributed by atoms with Crippen LogP contribution in [0, 0.1) is 12.3 Å². The van der Waals surface area contributed by atoms with E-state index in [1.54, 1.807) is 48.7 Å². The third kappa shape index (κ3) is 4.30. The molecule has 0 saturated heterocycles. The second-order valence-electron chi connectivity index (χ2n) is 4.60. The van der Waals surface area contributed by atoms with Gasteiger partial charge in [0.05, 0.1) is 0 Å². The first-order valence-electron chi connectivity index (χ1n) is 6.35. The topological polar surface area (TPSA) is 46.2 Å². The van der Waals surface area contributed by atoms with Crippen molar-refractivity contribution in [1.82, 2.24) is 0 Å². The van der Waals surface area contributed by atoms with Gasteiger partial charge in [0.1, 0.15) is 0 Å². The molecule has 1 amide bonds. The van der Waals surface area contributed by atoms with Gasteiger partial charge in [0, 0.05) is 39.6 Å². The van der Waals surface area contributed by atoms with E-state index in [1.807, 2.05) is 6.07 Å². The molecule has 106 valence electrons. The van der Waals surface area contributed by atoms with Crippen molar-refractivity contribution in [2.75, 3.05) is 11.6 Å². The van der Waals surface area contributed by atoms with Gasteiger partial charge in [-0.25, -0.2) is 0 Å². The van der Waals surface area contributed by atoms with Crippen LogP contribution in [0.3, 0.4) is 0 Å². The van der Waals surface area contributed by atoms with Crippen molar-refractivity contribution >= 4 is 22.4 Å². The SMILES string of the molecule is C#Cc1cccc(NC(=O)c2cccc(CS(C)=O)c2)c1. The number of amides is 1. The lowest BCUT2D eigenvalue weighted by molar-refractivity contribution is 0.102. The number of carbonyl (C=O) groups is 1. The van der Waals surface area contributed by atoms with Crippen LogP contribution in [0.2, 0.25) is 0 Å². The monoisotopic (exact) mass is 297 g/mol. The molecule has 1 unspecified atom stereocenters. The van der Waals surface area contributed by atoms with Crippen LogP contribution >= 0.6 is 0 Å². The van der Waals surface area contributed by atoms with Crippen LogP contribution in [0.5, 0.6) is 0 Å². The Hall–Kier alpha value is -2.38. The van der Waals surface area contributed by atoms with E-state index in [0.29, 0.717) is 22.6 Å². The standard InChI is InChI=1S/C17H15NO2S/c1-3-13-6-5-9-16(11-13)18-17(19)15-8-4-7-14(10-15)12-21(2)20/h1,4-11H,12H2,2H3,(H,18,19). The summed E-state index contributed by atoms with van der Waals surface area (Å²) in [6.07, 6.45) is 6.97. The van der Waals surface area contributed by atoms with E-state index in [-0.39, 0.29) is 5.91 Å². The largest absolute Gasteiger partial charge is 0.322 e. The molecular formula is C17H15NO2S. The molecular weight excluding hydrogens is 282 g/mol. The van der Waals surface area contributed by atoms with Gasteiger partial charge in [-0.2, -0.15) is 0 Å². The maximum absolute atomic E-state index is 12.2. The van der Waals surface area contributed by atoms with Crippen LogP contribution < -0.4 is 5.32 Å². The van der Waals surface area contributed by atoms with E-state index in [0.717, 1.165) is 5.56 Å². The highest BCUT2D eigenvalue weighted by Crippen LogP contribution is 2.13. The van der Waals surface area contributed by atoms with Crippen molar-refractivity contribution in [3.63, 3.8) is 0 Å². The first kappa shape index (κ1) is 15.0. The molecule has 0 aliphatic heterocycles. The third-order valence-electron chi connectivity index (χ3n) is 2.85. The molecule has 0 bridgehead atoms. The maximum atomic E-state index is 12.2. The van der Waals surface area contributed by atoms with Crippen LogP contribution in [0.4, 0.5) is 5.69 Å². The molecule has 0 heterocycles. The minimum absolute atomic E-state index is 0.215. The van der Waals surface area contributed by atoms with Gasteiger partial charge < -0.3 is 5.32 Å². The molecule has 0 aliphatic carbocycles. The molecule has 1 N–H and O–H groups in total. The summed E-state index contributed by atoms with van der Waals surface area (Å²) in [7, 11) is -0.934. The Labute approximate surface area is 126 Å². The normalized spacial score (nSPS) is 11.4. The zero-order valence-electron chi connectivity index (χ0n) is 11.6. The second kappa shape index (κ2) is 6.87. The van der Waals surface area contributed by atoms with Crippen molar-refractivity contribution in [3.05, 3.63) is 65.2 Å². The van der Waals surface area contributed by atoms with Crippen molar-refractivity contribution in [1.29, 1.82) is 0 Å². The molecule has 0 aromatic heterocycles. The van der Waals surface area contributed by atoms with Gasteiger partial charge in [-0.1, -0.05) is 24.1 Å². The van der Waals surface area contributed by atoms with Gasteiger partial charge in [0.15, 0.2) is 0 Å². The summed E-state index contributed by atoms with van der Waals surface area (Å²) >= 11 is 0. The van der Waals surface area contributed by atoms with E-state index < -0.39 is 10.8 Å². The average Bonchev–Trinajstić information content (AvgIpc) is 2.47. The van der Waals surface area contributed by atoms with Crippen molar-refractivity contribution in [2.45, 2.75) is 5.75 Å². The highest BCUT2D eigenvalue weighted by atomic mass is 32.2. The molecule has 0 spiro atoms. The Bertz CT molecular complexity index is 732. The van der Waals surface area contributed by atoms with Crippen LogP contribution in [0.15, 0.2) is 48.5 Å².